The standard InChI is InChI=1S/C12H21N3O4/c16-11(15-4-7-18-8-5-15)1-2-14-12(17)10-9-19-6-3-13-10/h10,13H,1-9H2,(H,14,17). The molecule has 0 spiro atoms. The number of carbonyl (C=O) groups is 2. The average molecular weight is 271 g/mol. The van der Waals surface area contributed by atoms with Crippen LogP contribution in [0, 0.1) is 0 Å². The predicted octanol–water partition coefficient (Wildman–Crippen LogP) is -1.66. The summed E-state index contributed by atoms with van der Waals surface area (Å²) in [4.78, 5) is 25.4. The van der Waals surface area contributed by atoms with Crippen molar-refractivity contribution in [2.75, 3.05) is 52.6 Å². The highest BCUT2D eigenvalue weighted by atomic mass is 16.5. The molecule has 0 saturated carbocycles. The van der Waals surface area contributed by atoms with Crippen molar-refractivity contribution >= 4 is 11.8 Å². The molecule has 7 heteroatoms. The highest BCUT2D eigenvalue weighted by Crippen LogP contribution is 2.00. The van der Waals surface area contributed by atoms with Crippen LogP contribution in [0.2, 0.25) is 0 Å². The zero-order valence-corrected chi connectivity index (χ0v) is 11.0. The second-order valence-electron chi connectivity index (χ2n) is 4.62. The number of amides is 2. The molecule has 7 nitrogen and oxygen atoms in total. The number of hydrogen-bond acceptors (Lipinski definition) is 5. The van der Waals surface area contributed by atoms with E-state index in [0.29, 0.717) is 59.0 Å². The van der Waals surface area contributed by atoms with Crippen molar-refractivity contribution < 1.29 is 19.1 Å². The Kier molecular flexibility index (Phi) is 5.56. The molecule has 2 N–H and O–H groups in total. The number of nitrogens with one attached hydrogen (secondary N) is 2. The number of morpholine rings is 2. The Morgan fingerprint density at radius 2 is 2.00 bits per heavy atom. The van der Waals surface area contributed by atoms with E-state index in [2.05, 4.69) is 10.6 Å². The van der Waals surface area contributed by atoms with Crippen LogP contribution in [0.3, 0.4) is 0 Å². The van der Waals surface area contributed by atoms with Crippen molar-refractivity contribution in [3.63, 3.8) is 0 Å². The van der Waals surface area contributed by atoms with Gasteiger partial charge in [-0.05, 0) is 0 Å². The molecule has 2 amide bonds. The monoisotopic (exact) mass is 271 g/mol. The summed E-state index contributed by atoms with van der Waals surface area (Å²) in [6, 6.07) is -0.299. The lowest BCUT2D eigenvalue weighted by Crippen LogP contribution is -2.51. The van der Waals surface area contributed by atoms with Crippen LogP contribution in [0.1, 0.15) is 6.42 Å². The first-order chi connectivity index (χ1) is 9.27. The van der Waals surface area contributed by atoms with E-state index < -0.39 is 0 Å². The van der Waals surface area contributed by atoms with Gasteiger partial charge in [-0.1, -0.05) is 0 Å². The van der Waals surface area contributed by atoms with Crippen LogP contribution in [-0.2, 0) is 19.1 Å². The van der Waals surface area contributed by atoms with Gasteiger partial charge in [-0.3, -0.25) is 9.59 Å². The van der Waals surface area contributed by atoms with Gasteiger partial charge in [0.05, 0.1) is 26.4 Å². The smallest absolute Gasteiger partial charge is 0.239 e. The van der Waals surface area contributed by atoms with Gasteiger partial charge >= 0.3 is 0 Å². The molecule has 2 fully saturated rings. The summed E-state index contributed by atoms with van der Waals surface area (Å²) in [5.74, 6) is -0.0362. The quantitative estimate of drug-likeness (QED) is 0.640. The topological polar surface area (TPSA) is 79.9 Å². The first kappa shape index (κ1) is 14.2. The molecule has 0 radical (unpaired) electrons. The Bertz CT molecular complexity index is 282. The van der Waals surface area contributed by atoms with Crippen molar-refractivity contribution in [1.82, 2.24) is 15.5 Å². The van der Waals surface area contributed by atoms with Crippen molar-refractivity contribution in [2.45, 2.75) is 12.5 Å². The predicted molar refractivity (Wildman–Crippen MR) is 67.6 cm³/mol. The molecule has 2 aliphatic rings. The van der Waals surface area contributed by atoms with Crippen LogP contribution in [0.4, 0.5) is 0 Å². The van der Waals surface area contributed by atoms with Gasteiger partial charge in [0.15, 0.2) is 0 Å². The highest BCUT2D eigenvalue weighted by molar-refractivity contribution is 5.83. The zero-order valence-electron chi connectivity index (χ0n) is 11.0. The fraction of sp³-hybridized carbons (Fsp3) is 0.833. The minimum atomic E-state index is -0.299. The second kappa shape index (κ2) is 7.42. The maximum absolute atomic E-state index is 11.8. The van der Waals surface area contributed by atoms with Gasteiger partial charge in [-0.25, -0.2) is 0 Å². The van der Waals surface area contributed by atoms with Crippen molar-refractivity contribution in [1.29, 1.82) is 0 Å². The number of ether oxygens (including phenoxy) is 2. The molecule has 108 valence electrons. The lowest BCUT2D eigenvalue weighted by atomic mass is 10.2. The van der Waals surface area contributed by atoms with Gasteiger partial charge in [0.1, 0.15) is 6.04 Å². The Labute approximate surface area is 112 Å². The fourth-order valence-corrected chi connectivity index (χ4v) is 2.12. The summed E-state index contributed by atoms with van der Waals surface area (Å²) in [6.45, 7) is 4.57. The van der Waals surface area contributed by atoms with E-state index in [1.165, 1.54) is 0 Å². The summed E-state index contributed by atoms with van der Waals surface area (Å²) in [5, 5.41) is 5.83. The number of hydrogen-bond donors (Lipinski definition) is 2. The normalized spacial score (nSPS) is 24.0. The molecular weight excluding hydrogens is 250 g/mol. The van der Waals surface area contributed by atoms with Crippen LogP contribution in [-0.4, -0.2) is 75.4 Å². The molecule has 0 bridgehead atoms. The highest BCUT2D eigenvalue weighted by Gasteiger charge is 2.21. The molecule has 0 aromatic rings. The molecule has 1 unspecified atom stereocenters. The third-order valence-electron chi connectivity index (χ3n) is 3.24. The number of rotatable bonds is 4. The van der Waals surface area contributed by atoms with E-state index in [1.807, 2.05) is 0 Å². The van der Waals surface area contributed by atoms with Gasteiger partial charge in [0, 0.05) is 32.6 Å². The minimum absolute atomic E-state index is 0.0662. The first-order valence-electron chi connectivity index (χ1n) is 6.72. The molecule has 2 saturated heterocycles. The Hall–Kier alpha value is -1.18. The summed E-state index contributed by atoms with van der Waals surface area (Å²) in [7, 11) is 0. The summed E-state index contributed by atoms with van der Waals surface area (Å²) < 4.78 is 10.4. The molecule has 2 heterocycles. The molecule has 0 aromatic heterocycles. The van der Waals surface area contributed by atoms with Crippen LogP contribution in [0.25, 0.3) is 0 Å². The van der Waals surface area contributed by atoms with Gasteiger partial charge in [0.2, 0.25) is 11.8 Å². The minimum Gasteiger partial charge on any atom is -0.378 e. The third kappa shape index (κ3) is 4.45. The van der Waals surface area contributed by atoms with Gasteiger partial charge < -0.3 is 25.0 Å². The largest absolute Gasteiger partial charge is 0.378 e. The first-order valence-corrected chi connectivity index (χ1v) is 6.72. The van der Waals surface area contributed by atoms with Gasteiger partial charge in [-0.2, -0.15) is 0 Å². The van der Waals surface area contributed by atoms with Crippen LogP contribution < -0.4 is 10.6 Å². The molecule has 0 aromatic carbocycles. The molecule has 2 aliphatic heterocycles. The van der Waals surface area contributed by atoms with E-state index in [-0.39, 0.29) is 17.9 Å². The maximum Gasteiger partial charge on any atom is 0.239 e. The molecule has 19 heavy (non-hydrogen) atoms. The van der Waals surface area contributed by atoms with Crippen molar-refractivity contribution in [3.05, 3.63) is 0 Å². The number of nitrogens with zero attached hydrogens (tertiary/aromatic N) is 1. The molecule has 2 rings (SSSR count). The van der Waals surface area contributed by atoms with E-state index >= 15 is 0 Å². The van der Waals surface area contributed by atoms with Crippen LogP contribution >= 0.6 is 0 Å². The van der Waals surface area contributed by atoms with E-state index in [4.69, 9.17) is 9.47 Å². The molecule has 1 atom stereocenters. The zero-order chi connectivity index (χ0) is 13.5. The van der Waals surface area contributed by atoms with Crippen LogP contribution in [0.15, 0.2) is 0 Å². The Balaban J connectivity index is 1.62. The summed E-state index contributed by atoms with van der Waals surface area (Å²) in [6.07, 6.45) is 0.333. The summed E-state index contributed by atoms with van der Waals surface area (Å²) in [5.41, 5.74) is 0. The molecular formula is C12H21N3O4. The second-order valence-corrected chi connectivity index (χ2v) is 4.62. The van der Waals surface area contributed by atoms with Gasteiger partial charge in [0.25, 0.3) is 0 Å². The Morgan fingerprint density at radius 1 is 1.21 bits per heavy atom. The maximum atomic E-state index is 11.8. The third-order valence-corrected chi connectivity index (χ3v) is 3.24. The lowest BCUT2D eigenvalue weighted by molar-refractivity contribution is -0.135. The van der Waals surface area contributed by atoms with E-state index in [1.54, 1.807) is 4.90 Å². The SMILES string of the molecule is O=C(NCCC(=O)N1CCOCC1)C1COCCN1. The van der Waals surface area contributed by atoms with Crippen LogP contribution in [0.5, 0.6) is 0 Å². The number of carbonyl (C=O) groups excluding carboxylic acids is 2. The van der Waals surface area contributed by atoms with Crippen molar-refractivity contribution in [2.24, 2.45) is 0 Å². The average Bonchev–Trinajstić information content (AvgIpc) is 2.49. The molecule has 0 aliphatic carbocycles. The van der Waals surface area contributed by atoms with E-state index in [9.17, 15) is 9.59 Å². The lowest BCUT2D eigenvalue weighted by Gasteiger charge is -2.27. The van der Waals surface area contributed by atoms with E-state index in [0.717, 1.165) is 0 Å². The Morgan fingerprint density at radius 3 is 2.68 bits per heavy atom. The van der Waals surface area contributed by atoms with Gasteiger partial charge in [-0.15, -0.1) is 0 Å². The summed E-state index contributed by atoms with van der Waals surface area (Å²) >= 11 is 0. The van der Waals surface area contributed by atoms with Crippen molar-refractivity contribution in [3.8, 4) is 0 Å². The fourth-order valence-electron chi connectivity index (χ4n) is 2.12.